The van der Waals surface area contributed by atoms with Gasteiger partial charge in [0.1, 0.15) is 0 Å². The molecule has 0 fully saturated rings. The van der Waals surface area contributed by atoms with E-state index in [0.717, 1.165) is 13.1 Å². The molecule has 0 aliphatic rings. The lowest BCUT2D eigenvalue weighted by atomic mass is 9.84. The van der Waals surface area contributed by atoms with E-state index in [9.17, 15) is 0 Å². The first-order valence-corrected chi connectivity index (χ1v) is 8.26. The van der Waals surface area contributed by atoms with Gasteiger partial charge in [-0.1, -0.05) is 62.4 Å². The topological polar surface area (TPSA) is 12.0 Å². The SMILES string of the molecule is CC(C)(CNCc1csc2ccccc12)c1ccccc1. The Labute approximate surface area is 130 Å². The zero-order valence-corrected chi connectivity index (χ0v) is 13.4. The predicted molar refractivity (Wildman–Crippen MR) is 93.0 cm³/mol. The summed E-state index contributed by atoms with van der Waals surface area (Å²) < 4.78 is 1.37. The van der Waals surface area contributed by atoms with Crippen molar-refractivity contribution in [2.75, 3.05) is 6.54 Å². The number of hydrogen-bond acceptors (Lipinski definition) is 2. The van der Waals surface area contributed by atoms with Crippen LogP contribution in [0.1, 0.15) is 25.0 Å². The monoisotopic (exact) mass is 295 g/mol. The Balaban J connectivity index is 1.66. The molecule has 0 radical (unpaired) electrons. The fourth-order valence-corrected chi connectivity index (χ4v) is 3.63. The molecule has 1 N–H and O–H groups in total. The molecule has 3 aromatic rings. The first kappa shape index (κ1) is 14.3. The third-order valence-electron chi connectivity index (χ3n) is 4.00. The molecule has 2 aromatic carbocycles. The highest BCUT2D eigenvalue weighted by Gasteiger charge is 2.19. The van der Waals surface area contributed by atoms with E-state index in [1.165, 1.54) is 21.2 Å². The maximum atomic E-state index is 3.63. The minimum atomic E-state index is 0.146. The van der Waals surface area contributed by atoms with Crippen LogP contribution in [0.2, 0.25) is 0 Å². The van der Waals surface area contributed by atoms with Gasteiger partial charge in [-0.25, -0.2) is 0 Å². The van der Waals surface area contributed by atoms with E-state index in [4.69, 9.17) is 0 Å². The molecule has 1 heterocycles. The van der Waals surface area contributed by atoms with Crippen LogP contribution in [-0.2, 0) is 12.0 Å². The molecule has 0 atom stereocenters. The Morgan fingerprint density at radius 3 is 2.48 bits per heavy atom. The second-order valence-corrected chi connectivity index (χ2v) is 7.02. The van der Waals surface area contributed by atoms with E-state index in [2.05, 4.69) is 79.1 Å². The largest absolute Gasteiger partial charge is 0.312 e. The summed E-state index contributed by atoms with van der Waals surface area (Å²) in [4.78, 5) is 0. The van der Waals surface area contributed by atoms with Crippen LogP contribution in [0.15, 0.2) is 60.0 Å². The summed E-state index contributed by atoms with van der Waals surface area (Å²) in [5, 5.41) is 7.28. The second kappa shape index (κ2) is 6.00. The Hall–Kier alpha value is -1.64. The third kappa shape index (κ3) is 3.17. The summed E-state index contributed by atoms with van der Waals surface area (Å²) in [6.07, 6.45) is 0. The van der Waals surface area contributed by atoms with Crippen LogP contribution in [0.4, 0.5) is 0 Å². The van der Waals surface area contributed by atoms with Crippen LogP contribution < -0.4 is 5.32 Å². The number of hydrogen-bond donors (Lipinski definition) is 1. The Kier molecular flexibility index (Phi) is 4.09. The summed E-state index contributed by atoms with van der Waals surface area (Å²) in [6, 6.07) is 19.4. The molecule has 3 rings (SSSR count). The zero-order chi connectivity index (χ0) is 14.7. The molecule has 0 unspecified atom stereocenters. The summed E-state index contributed by atoms with van der Waals surface area (Å²) in [5.41, 5.74) is 2.93. The number of fused-ring (bicyclic) bond motifs is 1. The summed E-state index contributed by atoms with van der Waals surface area (Å²) in [7, 11) is 0. The molecular formula is C19H21NS. The lowest BCUT2D eigenvalue weighted by molar-refractivity contribution is 0.469. The molecule has 0 aliphatic carbocycles. The third-order valence-corrected chi connectivity index (χ3v) is 5.01. The lowest BCUT2D eigenvalue weighted by Gasteiger charge is -2.25. The highest BCUT2D eigenvalue weighted by Crippen LogP contribution is 2.26. The number of thiophene rings is 1. The average Bonchev–Trinajstić information content (AvgIpc) is 2.92. The van der Waals surface area contributed by atoms with E-state index in [-0.39, 0.29) is 5.41 Å². The average molecular weight is 295 g/mol. The van der Waals surface area contributed by atoms with Crippen molar-refractivity contribution in [2.24, 2.45) is 0 Å². The molecular weight excluding hydrogens is 274 g/mol. The van der Waals surface area contributed by atoms with E-state index in [0.29, 0.717) is 0 Å². The molecule has 21 heavy (non-hydrogen) atoms. The molecule has 0 bridgehead atoms. The summed E-state index contributed by atoms with van der Waals surface area (Å²) >= 11 is 1.83. The molecule has 0 saturated heterocycles. The first-order chi connectivity index (χ1) is 10.2. The highest BCUT2D eigenvalue weighted by molar-refractivity contribution is 7.17. The molecule has 0 aliphatic heterocycles. The molecule has 0 saturated carbocycles. The maximum absolute atomic E-state index is 3.63. The summed E-state index contributed by atoms with van der Waals surface area (Å²) in [5.74, 6) is 0. The fourth-order valence-electron chi connectivity index (χ4n) is 2.67. The van der Waals surface area contributed by atoms with Crippen LogP contribution in [0, 0.1) is 0 Å². The van der Waals surface area contributed by atoms with Crippen molar-refractivity contribution in [1.82, 2.24) is 5.32 Å². The molecule has 0 spiro atoms. The van der Waals surface area contributed by atoms with Gasteiger partial charge in [0, 0.05) is 23.2 Å². The van der Waals surface area contributed by atoms with Crippen molar-refractivity contribution in [3.8, 4) is 0 Å². The van der Waals surface area contributed by atoms with Gasteiger partial charge in [-0.05, 0) is 28.0 Å². The summed E-state index contributed by atoms with van der Waals surface area (Å²) in [6.45, 7) is 6.49. The second-order valence-electron chi connectivity index (χ2n) is 6.11. The van der Waals surface area contributed by atoms with Gasteiger partial charge in [-0.15, -0.1) is 11.3 Å². The van der Waals surface area contributed by atoms with Crippen molar-refractivity contribution in [3.05, 3.63) is 71.1 Å². The Bertz CT molecular complexity index is 713. The Morgan fingerprint density at radius 2 is 1.67 bits per heavy atom. The van der Waals surface area contributed by atoms with E-state index >= 15 is 0 Å². The van der Waals surface area contributed by atoms with Gasteiger partial charge in [0.15, 0.2) is 0 Å². The van der Waals surface area contributed by atoms with Crippen LogP contribution in [0.3, 0.4) is 0 Å². The quantitative estimate of drug-likeness (QED) is 0.701. The van der Waals surface area contributed by atoms with Crippen LogP contribution in [0.5, 0.6) is 0 Å². The van der Waals surface area contributed by atoms with Crippen molar-refractivity contribution >= 4 is 21.4 Å². The van der Waals surface area contributed by atoms with Crippen molar-refractivity contribution in [3.63, 3.8) is 0 Å². The van der Waals surface area contributed by atoms with Gasteiger partial charge in [0.2, 0.25) is 0 Å². The van der Waals surface area contributed by atoms with Crippen LogP contribution >= 0.6 is 11.3 Å². The molecule has 108 valence electrons. The van der Waals surface area contributed by atoms with Gasteiger partial charge in [-0.2, -0.15) is 0 Å². The fraction of sp³-hybridized carbons (Fsp3) is 0.263. The molecule has 0 amide bonds. The van der Waals surface area contributed by atoms with Crippen LogP contribution in [-0.4, -0.2) is 6.54 Å². The molecule has 1 aromatic heterocycles. The van der Waals surface area contributed by atoms with Crippen LogP contribution in [0.25, 0.3) is 10.1 Å². The van der Waals surface area contributed by atoms with Gasteiger partial charge in [0.25, 0.3) is 0 Å². The van der Waals surface area contributed by atoms with E-state index < -0.39 is 0 Å². The van der Waals surface area contributed by atoms with Gasteiger partial charge in [0.05, 0.1) is 0 Å². The van der Waals surface area contributed by atoms with Crippen molar-refractivity contribution in [2.45, 2.75) is 25.8 Å². The number of benzene rings is 2. The van der Waals surface area contributed by atoms with Gasteiger partial charge in [-0.3, -0.25) is 0 Å². The number of nitrogens with one attached hydrogen (secondary N) is 1. The predicted octanol–water partition coefficient (Wildman–Crippen LogP) is 4.97. The standard InChI is InChI=1S/C19H21NS/c1-19(2,16-8-4-3-5-9-16)14-20-12-15-13-21-18-11-7-6-10-17(15)18/h3-11,13,20H,12,14H2,1-2H3. The lowest BCUT2D eigenvalue weighted by Crippen LogP contribution is -2.32. The maximum Gasteiger partial charge on any atom is 0.0346 e. The first-order valence-electron chi connectivity index (χ1n) is 7.38. The van der Waals surface area contributed by atoms with E-state index in [1.807, 2.05) is 11.3 Å². The molecule has 1 nitrogen and oxygen atoms in total. The van der Waals surface area contributed by atoms with Crippen molar-refractivity contribution < 1.29 is 0 Å². The Morgan fingerprint density at radius 1 is 0.952 bits per heavy atom. The highest BCUT2D eigenvalue weighted by atomic mass is 32.1. The van der Waals surface area contributed by atoms with Crippen molar-refractivity contribution in [1.29, 1.82) is 0 Å². The normalized spacial score (nSPS) is 11.9. The zero-order valence-electron chi connectivity index (χ0n) is 12.6. The van der Waals surface area contributed by atoms with Gasteiger partial charge < -0.3 is 5.32 Å². The van der Waals surface area contributed by atoms with Gasteiger partial charge >= 0.3 is 0 Å². The molecule has 2 heteroatoms. The van der Waals surface area contributed by atoms with E-state index in [1.54, 1.807) is 0 Å². The minimum Gasteiger partial charge on any atom is -0.312 e. The minimum absolute atomic E-state index is 0.146. The number of rotatable bonds is 5. The smallest absolute Gasteiger partial charge is 0.0346 e.